The Labute approximate surface area is 195 Å². The molecule has 0 N–H and O–H groups in total. The van der Waals surface area contributed by atoms with Crippen molar-refractivity contribution >= 4 is 11.8 Å². The summed E-state index contributed by atoms with van der Waals surface area (Å²) in [6, 6.07) is 16.7. The fraction of sp³-hybridized carbons (Fsp3) is 0.370. The van der Waals surface area contributed by atoms with E-state index >= 15 is 0 Å². The molecule has 1 aliphatic rings. The molecule has 1 aromatic heterocycles. The summed E-state index contributed by atoms with van der Waals surface area (Å²) in [5.41, 5.74) is 6.13. The van der Waals surface area contributed by atoms with Crippen LogP contribution in [0.4, 0.5) is 0 Å². The monoisotopic (exact) mass is 444 g/mol. The lowest BCUT2D eigenvalue weighted by atomic mass is 9.93. The Kier molecular flexibility index (Phi) is 6.63. The minimum absolute atomic E-state index is 0.0509. The van der Waals surface area contributed by atoms with Gasteiger partial charge in [-0.2, -0.15) is 5.10 Å². The summed E-state index contributed by atoms with van der Waals surface area (Å²) < 4.78 is 1.71. The summed E-state index contributed by atoms with van der Waals surface area (Å²) in [4.78, 5) is 30.3. The Morgan fingerprint density at radius 2 is 1.88 bits per heavy atom. The van der Waals surface area contributed by atoms with Crippen molar-refractivity contribution in [1.29, 1.82) is 0 Å². The molecule has 6 heteroatoms. The van der Waals surface area contributed by atoms with Crippen LogP contribution in [0.15, 0.2) is 54.7 Å². The molecule has 0 radical (unpaired) electrons. The van der Waals surface area contributed by atoms with Gasteiger partial charge < -0.3 is 9.80 Å². The van der Waals surface area contributed by atoms with Crippen molar-refractivity contribution in [3.05, 3.63) is 77.1 Å². The number of likely N-dealkylation sites (N-methyl/N-ethyl adjacent to an activating group) is 1. The summed E-state index contributed by atoms with van der Waals surface area (Å²) >= 11 is 0. The van der Waals surface area contributed by atoms with Crippen LogP contribution in [-0.2, 0) is 18.3 Å². The number of hydrogen-bond acceptors (Lipinski definition) is 3. The van der Waals surface area contributed by atoms with Crippen LogP contribution in [0.25, 0.3) is 11.1 Å². The predicted octanol–water partition coefficient (Wildman–Crippen LogP) is 3.87. The van der Waals surface area contributed by atoms with E-state index in [1.165, 1.54) is 11.1 Å². The maximum absolute atomic E-state index is 13.3. The highest BCUT2D eigenvalue weighted by molar-refractivity contribution is 5.95. The van der Waals surface area contributed by atoms with Crippen molar-refractivity contribution in [2.45, 2.75) is 27.2 Å². The van der Waals surface area contributed by atoms with E-state index in [0.717, 1.165) is 16.8 Å². The third kappa shape index (κ3) is 4.70. The van der Waals surface area contributed by atoms with Crippen LogP contribution in [0.1, 0.15) is 34.1 Å². The van der Waals surface area contributed by atoms with E-state index in [9.17, 15) is 9.59 Å². The first-order valence-electron chi connectivity index (χ1n) is 11.6. The summed E-state index contributed by atoms with van der Waals surface area (Å²) in [5.74, 6) is -0.206. The lowest BCUT2D eigenvalue weighted by Gasteiger charge is -2.23. The van der Waals surface area contributed by atoms with E-state index in [1.54, 1.807) is 10.9 Å². The van der Waals surface area contributed by atoms with E-state index in [4.69, 9.17) is 0 Å². The minimum Gasteiger partial charge on any atom is -0.341 e. The van der Waals surface area contributed by atoms with Crippen LogP contribution < -0.4 is 0 Å². The van der Waals surface area contributed by atoms with Gasteiger partial charge in [-0.15, -0.1) is 0 Å². The third-order valence-corrected chi connectivity index (χ3v) is 6.74. The molecule has 3 aromatic rings. The topological polar surface area (TPSA) is 58.4 Å². The average molecular weight is 445 g/mol. The van der Waals surface area contributed by atoms with Gasteiger partial charge in [0.15, 0.2) is 0 Å². The normalized spacial score (nSPS) is 16.7. The molecule has 0 unspecified atom stereocenters. The van der Waals surface area contributed by atoms with Crippen molar-refractivity contribution in [3.63, 3.8) is 0 Å². The Bertz CT molecular complexity index is 1170. The van der Waals surface area contributed by atoms with E-state index < -0.39 is 0 Å². The van der Waals surface area contributed by atoms with Crippen molar-refractivity contribution in [3.8, 4) is 11.1 Å². The number of benzene rings is 2. The molecule has 2 amide bonds. The number of nitrogens with zero attached hydrogens (tertiary/aromatic N) is 4. The van der Waals surface area contributed by atoms with Crippen LogP contribution in [-0.4, -0.2) is 57.6 Å². The zero-order valence-corrected chi connectivity index (χ0v) is 19.9. The highest BCUT2D eigenvalue weighted by Gasteiger charge is 2.33. The molecule has 0 aliphatic carbocycles. The molecule has 1 fully saturated rings. The average Bonchev–Trinajstić information content (AvgIpc) is 3.06. The van der Waals surface area contributed by atoms with Gasteiger partial charge in [-0.1, -0.05) is 48.5 Å². The number of carbonyl (C=O) groups excluding carboxylic acids is 2. The fourth-order valence-electron chi connectivity index (χ4n) is 4.62. The highest BCUT2D eigenvalue weighted by atomic mass is 16.2. The summed E-state index contributed by atoms with van der Waals surface area (Å²) in [6.07, 6.45) is 2.23. The van der Waals surface area contributed by atoms with E-state index in [-0.39, 0.29) is 17.7 Å². The van der Waals surface area contributed by atoms with E-state index in [1.807, 2.05) is 42.8 Å². The third-order valence-electron chi connectivity index (χ3n) is 6.74. The first-order valence-corrected chi connectivity index (χ1v) is 11.6. The lowest BCUT2D eigenvalue weighted by Crippen LogP contribution is -2.38. The van der Waals surface area contributed by atoms with Crippen LogP contribution in [0.5, 0.6) is 0 Å². The molecule has 1 atom stereocenters. The number of hydrogen-bond donors (Lipinski definition) is 0. The van der Waals surface area contributed by atoms with Gasteiger partial charge in [0, 0.05) is 38.9 Å². The smallest absolute Gasteiger partial charge is 0.257 e. The number of rotatable bonds is 5. The van der Waals surface area contributed by atoms with Gasteiger partial charge >= 0.3 is 0 Å². The molecule has 33 heavy (non-hydrogen) atoms. The molecule has 1 saturated heterocycles. The van der Waals surface area contributed by atoms with Crippen molar-refractivity contribution < 1.29 is 9.59 Å². The molecule has 2 heterocycles. The first kappa shape index (κ1) is 22.8. The number of carbonyl (C=O) groups is 2. The number of aryl methyl sites for hydroxylation is 2. The molecule has 6 nitrogen and oxygen atoms in total. The maximum atomic E-state index is 13.3. The second kappa shape index (κ2) is 9.61. The minimum atomic E-state index is -0.277. The summed E-state index contributed by atoms with van der Waals surface area (Å²) in [5, 5.41) is 4.23. The first-order chi connectivity index (χ1) is 15.9. The van der Waals surface area contributed by atoms with Crippen LogP contribution in [0, 0.1) is 19.8 Å². The van der Waals surface area contributed by atoms with Crippen LogP contribution >= 0.6 is 0 Å². The van der Waals surface area contributed by atoms with Gasteiger partial charge in [0.05, 0.1) is 17.7 Å². The van der Waals surface area contributed by atoms with E-state index in [0.29, 0.717) is 38.2 Å². The molecule has 172 valence electrons. The molecular weight excluding hydrogens is 412 g/mol. The van der Waals surface area contributed by atoms with Gasteiger partial charge in [0.2, 0.25) is 5.91 Å². The fourth-order valence-corrected chi connectivity index (χ4v) is 4.62. The molecule has 1 aliphatic heterocycles. The second-order valence-corrected chi connectivity index (χ2v) is 8.85. The molecule has 2 aromatic carbocycles. The Morgan fingerprint density at radius 1 is 1.09 bits per heavy atom. The lowest BCUT2D eigenvalue weighted by molar-refractivity contribution is -0.134. The number of aromatic nitrogens is 2. The Balaban J connectivity index is 1.60. The summed E-state index contributed by atoms with van der Waals surface area (Å²) in [6.45, 7) is 8.16. The standard InChI is InChI=1S/C27H32N4O2/c1-5-30-13-14-31(27(33)25-17-28-29(4)20(25)3)18-23(26(30)32)16-21-10-8-11-22(15-21)24-12-7-6-9-19(24)2/h6-12,15,17,23H,5,13-14,16,18H2,1-4H3/t23-/m1/s1. The van der Waals surface area contributed by atoms with Gasteiger partial charge in [-0.05, 0) is 49.4 Å². The molecule has 0 bridgehead atoms. The Hall–Kier alpha value is -3.41. The zero-order valence-electron chi connectivity index (χ0n) is 19.9. The van der Waals surface area contributed by atoms with Crippen LogP contribution in [0.3, 0.4) is 0 Å². The largest absolute Gasteiger partial charge is 0.341 e. The van der Waals surface area contributed by atoms with Gasteiger partial charge in [-0.25, -0.2) is 0 Å². The highest BCUT2D eigenvalue weighted by Crippen LogP contribution is 2.26. The van der Waals surface area contributed by atoms with Gasteiger partial charge in [0.1, 0.15) is 0 Å². The molecule has 0 spiro atoms. The zero-order chi connectivity index (χ0) is 23.5. The molecule has 0 saturated carbocycles. The predicted molar refractivity (Wildman–Crippen MR) is 130 cm³/mol. The second-order valence-electron chi connectivity index (χ2n) is 8.85. The van der Waals surface area contributed by atoms with Crippen molar-refractivity contribution in [1.82, 2.24) is 19.6 Å². The quantitative estimate of drug-likeness (QED) is 0.600. The molecular formula is C27H32N4O2. The maximum Gasteiger partial charge on any atom is 0.257 e. The number of amides is 2. The van der Waals surface area contributed by atoms with Crippen molar-refractivity contribution in [2.75, 3.05) is 26.2 Å². The SMILES string of the molecule is CCN1CCN(C(=O)c2cnn(C)c2C)C[C@@H](Cc2cccc(-c3ccccc3C)c2)C1=O. The van der Waals surface area contributed by atoms with Crippen LogP contribution in [0.2, 0.25) is 0 Å². The Morgan fingerprint density at radius 3 is 2.58 bits per heavy atom. The van der Waals surface area contributed by atoms with E-state index in [2.05, 4.69) is 48.4 Å². The van der Waals surface area contributed by atoms with Crippen molar-refractivity contribution in [2.24, 2.45) is 13.0 Å². The van der Waals surface area contributed by atoms with Gasteiger partial charge in [-0.3, -0.25) is 14.3 Å². The summed E-state index contributed by atoms with van der Waals surface area (Å²) in [7, 11) is 1.83. The molecule has 4 rings (SSSR count). The van der Waals surface area contributed by atoms with Gasteiger partial charge in [0.25, 0.3) is 5.91 Å².